The molecule has 11 heteroatoms. The van der Waals surface area contributed by atoms with Crippen molar-refractivity contribution in [3.63, 3.8) is 0 Å². The van der Waals surface area contributed by atoms with Gasteiger partial charge in [-0.1, -0.05) is 24.3 Å². The number of anilines is 1. The second kappa shape index (κ2) is 11.6. The first-order chi connectivity index (χ1) is 19.4. The number of carbonyl (C=O) groups excluding carboxylic acids is 2. The lowest BCUT2D eigenvalue weighted by Gasteiger charge is -2.43. The van der Waals surface area contributed by atoms with E-state index in [-0.39, 0.29) is 30.4 Å². The second-order valence-electron chi connectivity index (χ2n) is 10.9. The van der Waals surface area contributed by atoms with Crippen molar-refractivity contribution in [1.82, 2.24) is 29.7 Å². The number of aliphatic hydroxyl groups is 1. The van der Waals surface area contributed by atoms with Gasteiger partial charge in [0.15, 0.2) is 5.82 Å². The maximum Gasteiger partial charge on any atom is 0.272 e. The Morgan fingerprint density at radius 1 is 1.02 bits per heavy atom. The van der Waals surface area contributed by atoms with Crippen LogP contribution < -0.4 is 5.32 Å². The van der Waals surface area contributed by atoms with E-state index in [9.17, 15) is 14.7 Å². The zero-order chi connectivity index (χ0) is 27.6. The molecule has 0 aliphatic carbocycles. The molecule has 10 nitrogen and oxygen atoms in total. The van der Waals surface area contributed by atoms with Crippen LogP contribution in [0.15, 0.2) is 42.0 Å². The summed E-state index contributed by atoms with van der Waals surface area (Å²) in [6, 6.07) is 10.4. The van der Waals surface area contributed by atoms with Crippen molar-refractivity contribution in [3.8, 4) is 10.7 Å². The van der Waals surface area contributed by atoms with Gasteiger partial charge >= 0.3 is 0 Å². The molecule has 2 aromatic heterocycles. The van der Waals surface area contributed by atoms with Crippen LogP contribution in [0.2, 0.25) is 0 Å². The molecule has 2 fully saturated rings. The molecular formula is C29H35N7O3S. The standard InChI is InChI=1S/C29H35N7O3S/c1-19(37)34-11-7-22(8-12-34)31-27-14-23(32-28(33-27)26-15-30-18-40-26)29(39)36-13-9-24(25(38)17-36)35-10-6-20-4-2-3-5-21(20)16-35/h2-5,14-15,18,22,24-25,38H,6-13,16-17H2,1H3,(H,31,32,33)/t24-,25-/m1/s1. The van der Waals surface area contributed by atoms with Crippen molar-refractivity contribution in [1.29, 1.82) is 0 Å². The number of amides is 2. The van der Waals surface area contributed by atoms with Crippen molar-refractivity contribution >= 4 is 29.0 Å². The van der Waals surface area contributed by atoms with Crippen LogP contribution >= 0.6 is 11.3 Å². The fourth-order valence-corrected chi connectivity index (χ4v) is 6.66. The van der Waals surface area contributed by atoms with Crippen LogP contribution in [-0.2, 0) is 17.8 Å². The molecule has 2 N–H and O–H groups in total. The van der Waals surface area contributed by atoms with Gasteiger partial charge in [-0.2, -0.15) is 0 Å². The van der Waals surface area contributed by atoms with E-state index in [1.807, 2.05) is 4.90 Å². The molecule has 0 radical (unpaired) electrons. The average Bonchev–Trinajstić information content (AvgIpc) is 3.52. The lowest BCUT2D eigenvalue weighted by molar-refractivity contribution is -0.129. The second-order valence-corrected chi connectivity index (χ2v) is 11.8. The number of nitrogens with zero attached hydrogens (tertiary/aromatic N) is 6. The number of rotatable bonds is 5. The molecule has 2 amide bonds. The lowest BCUT2D eigenvalue weighted by Crippen LogP contribution is -2.56. The third-order valence-electron chi connectivity index (χ3n) is 8.35. The number of benzene rings is 1. The van der Waals surface area contributed by atoms with Gasteiger partial charge < -0.3 is 20.2 Å². The highest BCUT2D eigenvalue weighted by Crippen LogP contribution is 2.27. The summed E-state index contributed by atoms with van der Waals surface area (Å²) < 4.78 is 0. The molecule has 2 saturated heterocycles. The van der Waals surface area contributed by atoms with E-state index < -0.39 is 6.10 Å². The Morgan fingerprint density at radius 3 is 2.52 bits per heavy atom. The molecule has 1 aromatic carbocycles. The van der Waals surface area contributed by atoms with Gasteiger partial charge in [0.25, 0.3) is 5.91 Å². The zero-order valence-electron chi connectivity index (χ0n) is 22.7. The first kappa shape index (κ1) is 26.8. The molecule has 3 aliphatic heterocycles. The molecule has 5 heterocycles. The summed E-state index contributed by atoms with van der Waals surface area (Å²) in [6.45, 7) is 5.57. The predicted octanol–water partition coefficient (Wildman–Crippen LogP) is 2.66. The van der Waals surface area contributed by atoms with E-state index in [1.54, 1.807) is 29.6 Å². The minimum atomic E-state index is -0.630. The molecule has 0 saturated carbocycles. The number of likely N-dealkylation sites (tertiary alicyclic amines) is 2. The van der Waals surface area contributed by atoms with Crippen LogP contribution in [0.1, 0.15) is 47.8 Å². The van der Waals surface area contributed by atoms with Crippen LogP contribution in [0.25, 0.3) is 10.7 Å². The monoisotopic (exact) mass is 561 g/mol. The number of carbonyl (C=O) groups is 2. The van der Waals surface area contributed by atoms with Crippen molar-refractivity contribution < 1.29 is 14.7 Å². The van der Waals surface area contributed by atoms with Gasteiger partial charge in [-0.15, -0.1) is 11.3 Å². The summed E-state index contributed by atoms with van der Waals surface area (Å²) in [7, 11) is 0. The van der Waals surface area contributed by atoms with Gasteiger partial charge in [-0.05, 0) is 36.8 Å². The van der Waals surface area contributed by atoms with E-state index in [0.29, 0.717) is 43.4 Å². The summed E-state index contributed by atoms with van der Waals surface area (Å²) in [5, 5.41) is 14.6. The molecule has 0 spiro atoms. The quantitative estimate of drug-likeness (QED) is 0.489. The summed E-state index contributed by atoms with van der Waals surface area (Å²) in [5.74, 6) is 0.936. The van der Waals surface area contributed by atoms with E-state index in [1.165, 1.54) is 22.5 Å². The van der Waals surface area contributed by atoms with Crippen molar-refractivity contribution in [2.24, 2.45) is 0 Å². The Kier molecular flexibility index (Phi) is 7.77. The highest BCUT2D eigenvalue weighted by Gasteiger charge is 2.36. The maximum atomic E-state index is 13.7. The Labute approximate surface area is 238 Å². The lowest BCUT2D eigenvalue weighted by atomic mass is 9.94. The molecule has 210 valence electrons. The van der Waals surface area contributed by atoms with E-state index >= 15 is 0 Å². The summed E-state index contributed by atoms with van der Waals surface area (Å²) >= 11 is 1.42. The first-order valence-corrected chi connectivity index (χ1v) is 14.9. The third kappa shape index (κ3) is 5.72. The Balaban J connectivity index is 1.15. The maximum absolute atomic E-state index is 13.7. The molecule has 40 heavy (non-hydrogen) atoms. The fourth-order valence-electron chi connectivity index (χ4n) is 6.11. The Bertz CT molecular complexity index is 1360. The number of hydrogen-bond acceptors (Lipinski definition) is 9. The number of piperidine rings is 2. The first-order valence-electron chi connectivity index (χ1n) is 14.0. The largest absolute Gasteiger partial charge is 0.390 e. The van der Waals surface area contributed by atoms with Gasteiger partial charge in [-0.25, -0.2) is 9.97 Å². The van der Waals surface area contributed by atoms with E-state index in [0.717, 1.165) is 37.2 Å². The minimum Gasteiger partial charge on any atom is -0.390 e. The van der Waals surface area contributed by atoms with Crippen molar-refractivity contribution in [2.45, 2.75) is 57.3 Å². The van der Waals surface area contributed by atoms with Crippen LogP contribution in [0.5, 0.6) is 0 Å². The van der Waals surface area contributed by atoms with Crippen LogP contribution in [0.4, 0.5) is 5.82 Å². The predicted molar refractivity (Wildman–Crippen MR) is 153 cm³/mol. The zero-order valence-corrected chi connectivity index (χ0v) is 23.5. The molecular weight excluding hydrogens is 526 g/mol. The van der Waals surface area contributed by atoms with Gasteiger partial charge in [-0.3, -0.25) is 19.5 Å². The molecule has 2 atom stereocenters. The minimum absolute atomic E-state index is 0.0219. The van der Waals surface area contributed by atoms with Crippen LogP contribution in [0, 0.1) is 0 Å². The Morgan fingerprint density at radius 2 is 1.80 bits per heavy atom. The van der Waals surface area contributed by atoms with E-state index in [4.69, 9.17) is 4.98 Å². The summed E-state index contributed by atoms with van der Waals surface area (Å²) in [5.41, 5.74) is 4.73. The third-order valence-corrected chi connectivity index (χ3v) is 9.12. The number of thiazole rings is 1. The van der Waals surface area contributed by atoms with Gasteiger partial charge in [0.2, 0.25) is 5.91 Å². The normalized spacial score (nSPS) is 22.1. The van der Waals surface area contributed by atoms with Gasteiger partial charge in [0, 0.05) is 70.5 Å². The smallest absolute Gasteiger partial charge is 0.272 e. The van der Waals surface area contributed by atoms with Crippen LogP contribution in [-0.4, -0.2) is 97.5 Å². The topological polar surface area (TPSA) is 115 Å². The van der Waals surface area contributed by atoms with Crippen molar-refractivity contribution in [3.05, 3.63) is 58.9 Å². The van der Waals surface area contributed by atoms with Crippen LogP contribution in [0.3, 0.4) is 0 Å². The number of hydrogen-bond donors (Lipinski definition) is 2. The molecule has 3 aromatic rings. The van der Waals surface area contributed by atoms with E-state index in [2.05, 4.69) is 44.5 Å². The molecule has 3 aliphatic rings. The molecule has 0 bridgehead atoms. The van der Waals surface area contributed by atoms with Gasteiger partial charge in [0.1, 0.15) is 11.5 Å². The van der Waals surface area contributed by atoms with Gasteiger partial charge in [0.05, 0.1) is 16.5 Å². The highest BCUT2D eigenvalue weighted by molar-refractivity contribution is 7.13. The summed E-state index contributed by atoms with van der Waals surface area (Å²) in [6.07, 6.45) is 4.38. The fraction of sp³-hybridized carbons (Fsp3) is 0.483. The number of aromatic nitrogens is 3. The average molecular weight is 562 g/mol. The number of β-amino-alcohol motifs (C(OH)–C–C–N with tert-alkyl or cyclic N) is 1. The summed E-state index contributed by atoms with van der Waals surface area (Å²) in [4.78, 5) is 45.6. The SMILES string of the molecule is CC(=O)N1CCC(Nc2cc(C(=O)N3CC[C@@H](N4CCc5ccccc5C4)[C@H](O)C3)nc(-c3cncs3)n2)CC1. The highest BCUT2D eigenvalue weighted by atomic mass is 32.1. The van der Waals surface area contributed by atoms with Crippen molar-refractivity contribution in [2.75, 3.05) is 38.0 Å². The molecule has 6 rings (SSSR count). The molecule has 0 unspecified atom stereocenters. The number of aliphatic hydroxyl groups excluding tert-OH is 1. The number of fused-ring (bicyclic) bond motifs is 1. The Hall–Kier alpha value is -3.41. The number of nitrogens with one attached hydrogen (secondary N) is 1.